The van der Waals surface area contributed by atoms with Crippen molar-refractivity contribution < 1.29 is 9.53 Å². The Bertz CT molecular complexity index is 565. The molecule has 1 amide bonds. The SMILES string of the molecule is CCC(=O)N(CC)c1nsc2cccc(OC)c12. The molecule has 96 valence electrons. The number of nitrogens with zero attached hydrogens (tertiary/aromatic N) is 2. The smallest absolute Gasteiger partial charge is 0.227 e. The van der Waals surface area contributed by atoms with E-state index < -0.39 is 0 Å². The Hall–Kier alpha value is -1.62. The first-order chi connectivity index (χ1) is 8.72. The maximum Gasteiger partial charge on any atom is 0.227 e. The number of amides is 1. The van der Waals surface area contributed by atoms with Crippen LogP contribution in [0.1, 0.15) is 20.3 Å². The van der Waals surface area contributed by atoms with Crippen LogP contribution in [0.15, 0.2) is 18.2 Å². The summed E-state index contributed by atoms with van der Waals surface area (Å²) in [5.74, 6) is 1.55. The van der Waals surface area contributed by atoms with E-state index >= 15 is 0 Å². The number of carbonyl (C=O) groups excluding carboxylic acids is 1. The van der Waals surface area contributed by atoms with E-state index in [0.29, 0.717) is 18.8 Å². The third-order valence-electron chi connectivity index (χ3n) is 2.84. The maximum absolute atomic E-state index is 11.9. The molecule has 0 radical (unpaired) electrons. The lowest BCUT2D eigenvalue weighted by molar-refractivity contribution is -0.118. The van der Waals surface area contributed by atoms with Gasteiger partial charge in [0.2, 0.25) is 5.91 Å². The predicted octanol–water partition coefficient (Wildman–Crippen LogP) is 3.07. The van der Waals surface area contributed by atoms with Crippen LogP contribution in [0.2, 0.25) is 0 Å². The molecule has 2 aromatic rings. The van der Waals surface area contributed by atoms with Gasteiger partial charge in [0.25, 0.3) is 0 Å². The van der Waals surface area contributed by atoms with Gasteiger partial charge >= 0.3 is 0 Å². The summed E-state index contributed by atoms with van der Waals surface area (Å²) in [5, 5.41) is 0.925. The molecule has 0 unspecified atom stereocenters. The first-order valence-electron chi connectivity index (χ1n) is 5.95. The van der Waals surface area contributed by atoms with E-state index in [2.05, 4.69) is 4.37 Å². The van der Waals surface area contributed by atoms with Gasteiger partial charge in [-0.1, -0.05) is 13.0 Å². The second-order valence-electron chi connectivity index (χ2n) is 3.83. The fourth-order valence-electron chi connectivity index (χ4n) is 1.93. The molecule has 0 N–H and O–H groups in total. The van der Waals surface area contributed by atoms with Crippen LogP contribution in [0.4, 0.5) is 5.82 Å². The Morgan fingerprint density at radius 3 is 2.83 bits per heavy atom. The Morgan fingerprint density at radius 1 is 1.44 bits per heavy atom. The number of ether oxygens (including phenoxy) is 1. The number of methoxy groups -OCH3 is 1. The molecule has 4 nitrogen and oxygen atoms in total. The summed E-state index contributed by atoms with van der Waals surface area (Å²) in [6.07, 6.45) is 0.474. The number of hydrogen-bond acceptors (Lipinski definition) is 4. The summed E-state index contributed by atoms with van der Waals surface area (Å²) in [4.78, 5) is 13.6. The Morgan fingerprint density at radius 2 is 2.22 bits per heavy atom. The minimum atomic E-state index is 0.0793. The highest BCUT2D eigenvalue weighted by atomic mass is 32.1. The number of fused-ring (bicyclic) bond motifs is 1. The van der Waals surface area contributed by atoms with E-state index in [4.69, 9.17) is 4.74 Å². The van der Waals surface area contributed by atoms with E-state index in [1.165, 1.54) is 11.5 Å². The molecule has 2 rings (SSSR count). The molecule has 1 heterocycles. The van der Waals surface area contributed by atoms with Gasteiger partial charge in [-0.25, -0.2) is 0 Å². The Labute approximate surface area is 110 Å². The van der Waals surface area contributed by atoms with Crippen LogP contribution >= 0.6 is 11.5 Å². The van der Waals surface area contributed by atoms with Gasteiger partial charge in [0, 0.05) is 13.0 Å². The molecule has 0 fully saturated rings. The molecule has 0 saturated heterocycles. The van der Waals surface area contributed by atoms with Crippen molar-refractivity contribution in [3.05, 3.63) is 18.2 Å². The van der Waals surface area contributed by atoms with Crippen LogP contribution in [0.3, 0.4) is 0 Å². The van der Waals surface area contributed by atoms with Crippen LogP contribution in [-0.2, 0) is 4.79 Å². The molecular formula is C13H16N2O2S. The lowest BCUT2D eigenvalue weighted by Crippen LogP contribution is -2.30. The topological polar surface area (TPSA) is 42.4 Å². The number of rotatable bonds is 4. The molecule has 1 aromatic heterocycles. The third-order valence-corrected chi connectivity index (χ3v) is 3.64. The van der Waals surface area contributed by atoms with Gasteiger partial charge in [-0.2, -0.15) is 4.37 Å². The molecule has 18 heavy (non-hydrogen) atoms. The van der Waals surface area contributed by atoms with Gasteiger partial charge in [0.05, 0.1) is 17.2 Å². The van der Waals surface area contributed by atoms with E-state index in [-0.39, 0.29) is 5.91 Å². The summed E-state index contributed by atoms with van der Waals surface area (Å²) in [5.41, 5.74) is 0. The van der Waals surface area contributed by atoms with Crippen molar-refractivity contribution in [2.24, 2.45) is 0 Å². The fourth-order valence-corrected chi connectivity index (χ4v) is 2.73. The van der Waals surface area contributed by atoms with Crippen molar-refractivity contribution >= 4 is 33.3 Å². The van der Waals surface area contributed by atoms with Gasteiger partial charge in [-0.3, -0.25) is 9.69 Å². The first kappa shape index (κ1) is 12.8. The van der Waals surface area contributed by atoms with Crippen molar-refractivity contribution in [2.45, 2.75) is 20.3 Å². The molecule has 0 atom stereocenters. The number of aromatic nitrogens is 1. The molecule has 0 spiro atoms. The Kier molecular flexibility index (Phi) is 3.81. The number of hydrogen-bond donors (Lipinski definition) is 0. The number of carbonyl (C=O) groups is 1. The molecule has 0 bridgehead atoms. The van der Waals surface area contributed by atoms with Gasteiger partial charge in [-0.05, 0) is 30.6 Å². The van der Waals surface area contributed by atoms with Gasteiger partial charge in [-0.15, -0.1) is 0 Å². The van der Waals surface area contributed by atoms with Crippen LogP contribution in [-0.4, -0.2) is 23.9 Å². The molecule has 5 heteroatoms. The largest absolute Gasteiger partial charge is 0.496 e. The predicted molar refractivity (Wildman–Crippen MR) is 74.5 cm³/mol. The highest BCUT2D eigenvalue weighted by Gasteiger charge is 2.20. The minimum Gasteiger partial charge on any atom is -0.496 e. The number of benzene rings is 1. The normalized spacial score (nSPS) is 10.6. The Balaban J connectivity index is 2.60. The first-order valence-corrected chi connectivity index (χ1v) is 6.73. The molecular weight excluding hydrogens is 248 g/mol. The average Bonchev–Trinajstić information content (AvgIpc) is 2.83. The van der Waals surface area contributed by atoms with E-state index in [1.54, 1.807) is 12.0 Å². The van der Waals surface area contributed by atoms with Gasteiger partial charge in [0.1, 0.15) is 5.75 Å². The van der Waals surface area contributed by atoms with Crippen LogP contribution in [0.5, 0.6) is 5.75 Å². The molecule has 0 aliphatic rings. The van der Waals surface area contributed by atoms with Crippen molar-refractivity contribution in [1.82, 2.24) is 4.37 Å². The molecule has 0 saturated carbocycles. The van der Waals surface area contributed by atoms with E-state index in [0.717, 1.165) is 15.8 Å². The van der Waals surface area contributed by atoms with Crippen molar-refractivity contribution in [2.75, 3.05) is 18.6 Å². The molecule has 1 aromatic carbocycles. The fraction of sp³-hybridized carbons (Fsp3) is 0.385. The van der Waals surface area contributed by atoms with Crippen LogP contribution < -0.4 is 9.64 Å². The zero-order valence-electron chi connectivity index (χ0n) is 10.8. The van der Waals surface area contributed by atoms with Crippen molar-refractivity contribution in [3.63, 3.8) is 0 Å². The zero-order valence-corrected chi connectivity index (χ0v) is 11.6. The summed E-state index contributed by atoms with van der Waals surface area (Å²) < 4.78 is 10.8. The van der Waals surface area contributed by atoms with Crippen LogP contribution in [0, 0.1) is 0 Å². The minimum absolute atomic E-state index is 0.0793. The summed E-state index contributed by atoms with van der Waals surface area (Å²) in [6, 6.07) is 5.81. The summed E-state index contributed by atoms with van der Waals surface area (Å²) in [6.45, 7) is 4.43. The summed E-state index contributed by atoms with van der Waals surface area (Å²) >= 11 is 1.39. The second-order valence-corrected chi connectivity index (χ2v) is 4.64. The summed E-state index contributed by atoms with van der Waals surface area (Å²) in [7, 11) is 1.63. The van der Waals surface area contributed by atoms with Crippen LogP contribution in [0.25, 0.3) is 10.1 Å². The average molecular weight is 264 g/mol. The van der Waals surface area contributed by atoms with Crippen molar-refractivity contribution in [3.8, 4) is 5.75 Å². The lowest BCUT2D eigenvalue weighted by Gasteiger charge is -2.18. The maximum atomic E-state index is 11.9. The van der Waals surface area contributed by atoms with Crippen molar-refractivity contribution in [1.29, 1.82) is 0 Å². The number of anilines is 1. The second kappa shape index (κ2) is 5.35. The lowest BCUT2D eigenvalue weighted by atomic mass is 10.2. The molecule has 0 aliphatic heterocycles. The highest BCUT2D eigenvalue weighted by molar-refractivity contribution is 7.13. The van der Waals surface area contributed by atoms with E-state index in [9.17, 15) is 4.79 Å². The van der Waals surface area contributed by atoms with Gasteiger partial charge < -0.3 is 4.74 Å². The highest BCUT2D eigenvalue weighted by Crippen LogP contribution is 2.36. The third kappa shape index (κ3) is 2.06. The molecule has 0 aliphatic carbocycles. The zero-order chi connectivity index (χ0) is 13.1. The van der Waals surface area contributed by atoms with Gasteiger partial charge in [0.15, 0.2) is 5.82 Å². The quantitative estimate of drug-likeness (QED) is 0.852. The monoisotopic (exact) mass is 264 g/mol. The standard InChI is InChI=1S/C13H16N2O2S/c1-4-11(16)15(5-2)13-12-9(17-3)7-6-8-10(12)18-14-13/h6-8H,4-5H2,1-3H3. The van der Waals surface area contributed by atoms with E-state index in [1.807, 2.05) is 32.0 Å².